The zero-order valence-electron chi connectivity index (χ0n) is 3.91. The number of hydrogen-bond acceptors (Lipinski definition) is 1. The van der Waals surface area contributed by atoms with E-state index in [1.807, 2.05) is 0 Å². The molecule has 0 aliphatic heterocycles. The first-order valence-electron chi connectivity index (χ1n) is 1.88. The fraction of sp³-hybridized carbons (Fsp3) is 0. The van der Waals surface area contributed by atoms with Crippen LogP contribution in [0.5, 0.6) is 0 Å². The maximum atomic E-state index is 5.45. The van der Waals surface area contributed by atoms with Crippen molar-refractivity contribution in [2.45, 2.75) is 0 Å². The molecular weight excluding hydrogens is 206 g/mol. The third-order valence-corrected chi connectivity index (χ3v) is 2.16. The van der Waals surface area contributed by atoms with Crippen LogP contribution in [0.3, 0.4) is 0 Å². The first kappa shape index (κ1) is 7.48. The fourth-order valence-electron chi connectivity index (χ4n) is 0.333. The van der Waals surface area contributed by atoms with Gasteiger partial charge >= 0.3 is 0 Å². The first-order chi connectivity index (χ1) is 4.13. The molecule has 50 valence electrons. The van der Waals surface area contributed by atoms with E-state index in [9.17, 15) is 0 Å². The molecular formula is C3Cl4N2. The van der Waals surface area contributed by atoms with Crippen LogP contribution in [0.15, 0.2) is 0 Å². The SMILES string of the molecule is Clc1nc(Cl)n(Cl)c1Cl. The van der Waals surface area contributed by atoms with Crippen molar-refractivity contribution in [3.05, 3.63) is 15.6 Å². The lowest BCUT2D eigenvalue weighted by Gasteiger charge is -1.85. The van der Waals surface area contributed by atoms with E-state index >= 15 is 0 Å². The molecule has 0 amide bonds. The summed E-state index contributed by atoms with van der Waals surface area (Å²) in [5.74, 6) is 0. The van der Waals surface area contributed by atoms with Crippen molar-refractivity contribution in [3.8, 4) is 0 Å². The Morgan fingerprint density at radius 3 is 1.89 bits per heavy atom. The second kappa shape index (κ2) is 2.54. The predicted octanol–water partition coefficient (Wildman–Crippen LogP) is 2.85. The Hall–Kier alpha value is 0.370. The van der Waals surface area contributed by atoms with Crippen LogP contribution in [0.25, 0.3) is 0 Å². The molecule has 0 bridgehead atoms. The van der Waals surface area contributed by atoms with E-state index in [2.05, 4.69) is 4.98 Å². The Bertz CT molecular complexity index is 207. The van der Waals surface area contributed by atoms with E-state index in [0.29, 0.717) is 0 Å². The Morgan fingerprint density at radius 2 is 1.78 bits per heavy atom. The Labute approximate surface area is 71.4 Å². The van der Waals surface area contributed by atoms with Crippen LogP contribution < -0.4 is 0 Å². The average Bonchev–Trinajstić information content (AvgIpc) is 1.98. The van der Waals surface area contributed by atoms with Gasteiger partial charge in [-0.2, -0.15) is 0 Å². The highest BCUT2D eigenvalue weighted by Crippen LogP contribution is 2.25. The van der Waals surface area contributed by atoms with Gasteiger partial charge in [0.25, 0.3) is 0 Å². The standard InChI is InChI=1S/C3Cl4N2/c4-1-2(5)9(7)3(6)8-1. The van der Waals surface area contributed by atoms with Gasteiger partial charge in [0.2, 0.25) is 5.28 Å². The minimum Gasteiger partial charge on any atom is -0.212 e. The van der Waals surface area contributed by atoms with Crippen LogP contribution in [0, 0.1) is 0 Å². The van der Waals surface area contributed by atoms with Crippen LogP contribution in [0.1, 0.15) is 0 Å². The summed E-state index contributed by atoms with van der Waals surface area (Å²) in [7, 11) is 0. The maximum absolute atomic E-state index is 5.45. The zero-order chi connectivity index (χ0) is 7.02. The van der Waals surface area contributed by atoms with E-state index < -0.39 is 0 Å². The molecule has 0 saturated heterocycles. The largest absolute Gasteiger partial charge is 0.220 e. The van der Waals surface area contributed by atoms with Crippen LogP contribution in [-0.4, -0.2) is 9.07 Å². The fourth-order valence-corrected chi connectivity index (χ4v) is 1.04. The lowest BCUT2D eigenvalue weighted by atomic mass is 10.9. The molecule has 0 radical (unpaired) electrons. The van der Waals surface area contributed by atoms with Gasteiger partial charge in [0.1, 0.15) is 0 Å². The van der Waals surface area contributed by atoms with Crippen molar-refractivity contribution >= 4 is 46.6 Å². The molecule has 0 aromatic carbocycles. The van der Waals surface area contributed by atoms with Gasteiger partial charge in [-0.15, -0.1) is 0 Å². The predicted molar refractivity (Wildman–Crippen MR) is 38.5 cm³/mol. The monoisotopic (exact) mass is 204 g/mol. The van der Waals surface area contributed by atoms with E-state index in [1.165, 1.54) is 0 Å². The Morgan fingerprint density at radius 1 is 1.22 bits per heavy atom. The molecule has 0 fully saturated rings. The summed E-state index contributed by atoms with van der Waals surface area (Å²) in [5.41, 5.74) is 0. The molecule has 2 nitrogen and oxygen atoms in total. The Balaban J connectivity index is 3.29. The molecule has 6 heteroatoms. The van der Waals surface area contributed by atoms with E-state index in [-0.39, 0.29) is 15.6 Å². The number of imidazole rings is 1. The van der Waals surface area contributed by atoms with Crippen LogP contribution >= 0.6 is 46.6 Å². The summed E-state index contributed by atoms with van der Waals surface area (Å²) >= 11 is 21.6. The normalized spacial score (nSPS) is 10.2. The van der Waals surface area contributed by atoms with Crippen molar-refractivity contribution < 1.29 is 0 Å². The molecule has 1 aromatic rings. The van der Waals surface area contributed by atoms with Gasteiger partial charge in [-0.25, -0.2) is 9.07 Å². The minimum absolute atomic E-state index is 0.0617. The van der Waals surface area contributed by atoms with E-state index in [0.717, 1.165) is 4.09 Å². The molecule has 0 saturated carbocycles. The molecule has 0 unspecified atom stereocenters. The first-order valence-corrected chi connectivity index (χ1v) is 3.35. The molecule has 0 N–H and O–H groups in total. The van der Waals surface area contributed by atoms with Crippen LogP contribution in [0.4, 0.5) is 0 Å². The lowest BCUT2D eigenvalue weighted by Crippen LogP contribution is -1.76. The summed E-state index contributed by atoms with van der Waals surface area (Å²) in [6.45, 7) is 0. The van der Waals surface area contributed by atoms with E-state index in [4.69, 9.17) is 46.6 Å². The lowest BCUT2D eigenvalue weighted by molar-refractivity contribution is 1.21. The minimum atomic E-state index is 0.0617. The topological polar surface area (TPSA) is 17.8 Å². The van der Waals surface area contributed by atoms with Crippen LogP contribution in [-0.2, 0) is 0 Å². The number of rotatable bonds is 0. The van der Waals surface area contributed by atoms with Crippen molar-refractivity contribution in [3.63, 3.8) is 0 Å². The summed E-state index contributed by atoms with van der Waals surface area (Å²) in [5, 5.41) is 0.298. The molecule has 9 heavy (non-hydrogen) atoms. The summed E-state index contributed by atoms with van der Waals surface area (Å²) in [6, 6.07) is 0. The zero-order valence-corrected chi connectivity index (χ0v) is 6.93. The highest BCUT2D eigenvalue weighted by molar-refractivity contribution is 6.44. The highest BCUT2D eigenvalue weighted by atomic mass is 35.5. The molecule has 1 heterocycles. The second-order valence-corrected chi connectivity index (χ2v) is 2.64. The van der Waals surface area contributed by atoms with Gasteiger partial charge in [-0.1, -0.05) is 23.2 Å². The third-order valence-electron chi connectivity index (χ3n) is 0.695. The van der Waals surface area contributed by atoms with Gasteiger partial charge in [-0.05, 0) is 11.6 Å². The van der Waals surface area contributed by atoms with Crippen molar-refractivity contribution in [2.24, 2.45) is 0 Å². The highest BCUT2D eigenvalue weighted by Gasteiger charge is 2.09. The summed E-state index contributed by atoms with van der Waals surface area (Å²) < 4.78 is 0.964. The number of hydrogen-bond donors (Lipinski definition) is 0. The summed E-state index contributed by atoms with van der Waals surface area (Å²) in [4.78, 5) is 3.54. The third kappa shape index (κ3) is 1.27. The van der Waals surface area contributed by atoms with Gasteiger partial charge in [-0.3, -0.25) is 0 Å². The van der Waals surface area contributed by atoms with Gasteiger partial charge in [0.15, 0.2) is 10.3 Å². The molecule has 1 rings (SSSR count). The number of halogens is 4. The second-order valence-electron chi connectivity index (χ2n) is 1.24. The van der Waals surface area contributed by atoms with Gasteiger partial charge in [0, 0.05) is 11.8 Å². The molecule has 0 atom stereocenters. The van der Waals surface area contributed by atoms with Gasteiger partial charge < -0.3 is 0 Å². The van der Waals surface area contributed by atoms with Crippen molar-refractivity contribution in [1.82, 2.24) is 9.07 Å². The molecule has 0 aliphatic carbocycles. The summed E-state index contributed by atoms with van der Waals surface area (Å²) in [6.07, 6.45) is 0. The van der Waals surface area contributed by atoms with Crippen molar-refractivity contribution in [1.29, 1.82) is 0 Å². The molecule has 0 aliphatic rings. The van der Waals surface area contributed by atoms with Crippen LogP contribution in [0.2, 0.25) is 15.6 Å². The maximum Gasteiger partial charge on any atom is 0.220 e. The quantitative estimate of drug-likeness (QED) is 0.637. The Kier molecular flexibility index (Phi) is 2.11. The number of aromatic nitrogens is 2. The number of nitrogens with zero attached hydrogens (tertiary/aromatic N) is 2. The molecule has 1 aromatic heterocycles. The average molecular weight is 206 g/mol. The van der Waals surface area contributed by atoms with E-state index in [1.54, 1.807) is 0 Å². The van der Waals surface area contributed by atoms with Gasteiger partial charge in [0.05, 0.1) is 0 Å². The smallest absolute Gasteiger partial charge is 0.212 e. The van der Waals surface area contributed by atoms with Crippen molar-refractivity contribution in [2.75, 3.05) is 0 Å². The molecule has 0 spiro atoms.